The summed E-state index contributed by atoms with van der Waals surface area (Å²) in [7, 11) is 0. The van der Waals surface area contributed by atoms with Gasteiger partial charge in [-0.3, -0.25) is 9.59 Å². The average Bonchev–Trinajstić information content (AvgIpc) is 3.14. The number of rotatable bonds is 6. The van der Waals surface area contributed by atoms with Gasteiger partial charge in [-0.1, -0.05) is 42.5 Å². The second-order valence-corrected chi connectivity index (χ2v) is 8.28. The van der Waals surface area contributed by atoms with E-state index in [4.69, 9.17) is 14.2 Å². The van der Waals surface area contributed by atoms with Crippen LogP contribution in [0.25, 0.3) is 5.76 Å². The van der Waals surface area contributed by atoms with E-state index in [2.05, 4.69) is 0 Å². The predicted octanol–water partition coefficient (Wildman–Crippen LogP) is 4.48. The molecule has 7 nitrogen and oxygen atoms in total. The predicted molar refractivity (Wildman–Crippen MR) is 129 cm³/mol. The first-order valence-electron chi connectivity index (χ1n) is 11.5. The fourth-order valence-corrected chi connectivity index (χ4v) is 4.46. The van der Waals surface area contributed by atoms with Crippen molar-refractivity contribution in [3.05, 3.63) is 95.1 Å². The number of aliphatic hydroxyl groups excluding tert-OH is 1. The molecule has 1 fully saturated rings. The minimum atomic E-state index is -0.788. The molecule has 1 amide bonds. The third kappa shape index (κ3) is 4.33. The maximum absolute atomic E-state index is 13.3. The van der Waals surface area contributed by atoms with Crippen LogP contribution in [0.2, 0.25) is 0 Å². The minimum absolute atomic E-state index is 0.0243. The molecule has 1 unspecified atom stereocenters. The fraction of sp³-hybridized carbons (Fsp3) is 0.214. The zero-order chi connectivity index (χ0) is 24.4. The maximum Gasteiger partial charge on any atom is 0.295 e. The Morgan fingerprint density at radius 3 is 2.51 bits per heavy atom. The van der Waals surface area contributed by atoms with E-state index in [0.717, 1.165) is 5.56 Å². The van der Waals surface area contributed by atoms with Crippen LogP contribution in [0, 0.1) is 0 Å². The highest BCUT2D eigenvalue weighted by Crippen LogP contribution is 2.42. The largest absolute Gasteiger partial charge is 0.507 e. The minimum Gasteiger partial charge on any atom is -0.507 e. The number of hydrogen-bond acceptors (Lipinski definition) is 6. The van der Waals surface area contributed by atoms with Crippen LogP contribution in [0.3, 0.4) is 0 Å². The number of ketones is 1. The van der Waals surface area contributed by atoms with Gasteiger partial charge < -0.3 is 24.2 Å². The number of amides is 1. The average molecular weight is 472 g/mol. The molecule has 2 heterocycles. The molecule has 0 bridgehead atoms. The van der Waals surface area contributed by atoms with Crippen molar-refractivity contribution in [2.75, 3.05) is 19.8 Å². The van der Waals surface area contributed by atoms with Crippen molar-refractivity contribution >= 4 is 17.4 Å². The van der Waals surface area contributed by atoms with E-state index in [9.17, 15) is 14.7 Å². The highest BCUT2D eigenvalue weighted by Gasteiger charge is 2.46. The molecule has 5 rings (SSSR count). The van der Waals surface area contributed by atoms with Gasteiger partial charge in [-0.2, -0.15) is 0 Å². The lowest BCUT2D eigenvalue weighted by Crippen LogP contribution is -2.29. The molecule has 0 aromatic heterocycles. The van der Waals surface area contributed by atoms with Gasteiger partial charge in [0.2, 0.25) is 0 Å². The quantitative estimate of drug-likeness (QED) is 0.324. The molecule has 7 heteroatoms. The summed E-state index contributed by atoms with van der Waals surface area (Å²) in [5.41, 5.74) is 1.94. The summed E-state index contributed by atoms with van der Waals surface area (Å²) in [6.07, 6.45) is 0. The standard InChI is InChI=1S/C28H25NO6/c1-2-33-21-10-6-9-19(15-21)25-24(26(30)20-11-12-22-23(16-20)35-14-13-34-22)27(31)28(32)29(25)17-18-7-4-3-5-8-18/h3-12,15-16,25,30H,2,13-14,17H2,1H3. The molecule has 2 aliphatic heterocycles. The van der Waals surface area contributed by atoms with E-state index in [1.807, 2.05) is 55.5 Å². The number of hydrogen-bond donors (Lipinski definition) is 1. The number of aliphatic hydroxyl groups is 1. The summed E-state index contributed by atoms with van der Waals surface area (Å²) in [6.45, 7) is 3.41. The highest BCUT2D eigenvalue weighted by molar-refractivity contribution is 6.46. The topological polar surface area (TPSA) is 85.3 Å². The van der Waals surface area contributed by atoms with Crippen LogP contribution >= 0.6 is 0 Å². The summed E-state index contributed by atoms with van der Waals surface area (Å²) in [5, 5.41) is 11.4. The van der Waals surface area contributed by atoms with Gasteiger partial charge in [0.05, 0.1) is 18.2 Å². The van der Waals surface area contributed by atoms with Gasteiger partial charge in [-0.25, -0.2) is 0 Å². The highest BCUT2D eigenvalue weighted by atomic mass is 16.6. The Morgan fingerprint density at radius 2 is 1.74 bits per heavy atom. The molecule has 1 saturated heterocycles. The maximum atomic E-state index is 13.3. The lowest BCUT2D eigenvalue weighted by molar-refractivity contribution is -0.140. The molecule has 178 valence electrons. The van der Waals surface area contributed by atoms with Crippen LogP contribution in [-0.2, 0) is 16.1 Å². The number of likely N-dealkylation sites (tertiary alicyclic amines) is 1. The van der Waals surface area contributed by atoms with Gasteiger partial charge in [0.1, 0.15) is 24.7 Å². The number of fused-ring (bicyclic) bond motifs is 1. The van der Waals surface area contributed by atoms with Crippen molar-refractivity contribution in [3.63, 3.8) is 0 Å². The van der Waals surface area contributed by atoms with Crippen molar-refractivity contribution in [2.45, 2.75) is 19.5 Å². The summed E-state index contributed by atoms with van der Waals surface area (Å²) < 4.78 is 16.9. The van der Waals surface area contributed by atoms with Crippen molar-refractivity contribution in [1.82, 2.24) is 4.90 Å². The lowest BCUT2D eigenvalue weighted by atomic mass is 9.95. The molecule has 3 aromatic rings. The number of Topliss-reactive ketones (excluding diaryl/α,β-unsaturated/α-hetero) is 1. The van der Waals surface area contributed by atoms with E-state index in [1.54, 1.807) is 24.3 Å². The van der Waals surface area contributed by atoms with E-state index in [-0.39, 0.29) is 17.9 Å². The zero-order valence-electron chi connectivity index (χ0n) is 19.3. The summed E-state index contributed by atoms with van der Waals surface area (Å²) in [5.74, 6) is 0.00391. The molecular weight excluding hydrogens is 446 g/mol. The Hall–Kier alpha value is -4.26. The van der Waals surface area contributed by atoms with Crippen molar-refractivity contribution in [2.24, 2.45) is 0 Å². The SMILES string of the molecule is CCOc1cccc(C2C(=C(O)c3ccc4c(c3)OCCO4)C(=O)C(=O)N2Cc2ccccc2)c1. The number of nitrogens with zero attached hydrogens (tertiary/aromatic N) is 1. The summed E-state index contributed by atoms with van der Waals surface area (Å²) >= 11 is 0. The molecule has 1 atom stereocenters. The van der Waals surface area contributed by atoms with Crippen LogP contribution in [0.5, 0.6) is 17.2 Å². The first kappa shape index (κ1) is 22.5. The lowest BCUT2D eigenvalue weighted by Gasteiger charge is -2.26. The summed E-state index contributed by atoms with van der Waals surface area (Å²) in [6, 6.07) is 20.9. The molecule has 0 saturated carbocycles. The first-order chi connectivity index (χ1) is 17.1. The van der Waals surface area contributed by atoms with Crippen LogP contribution in [0.15, 0.2) is 78.4 Å². The number of carbonyl (C=O) groups excluding carboxylic acids is 2. The molecule has 1 N–H and O–H groups in total. The molecule has 0 spiro atoms. The Morgan fingerprint density at radius 1 is 0.971 bits per heavy atom. The molecule has 3 aromatic carbocycles. The smallest absolute Gasteiger partial charge is 0.295 e. The second kappa shape index (κ2) is 9.54. The van der Waals surface area contributed by atoms with Crippen molar-refractivity contribution < 1.29 is 28.9 Å². The van der Waals surface area contributed by atoms with E-state index in [1.165, 1.54) is 4.90 Å². The van der Waals surface area contributed by atoms with Crippen LogP contribution in [0.4, 0.5) is 0 Å². The van der Waals surface area contributed by atoms with E-state index in [0.29, 0.717) is 48.2 Å². The molecule has 0 aliphatic carbocycles. The van der Waals surface area contributed by atoms with Crippen LogP contribution < -0.4 is 14.2 Å². The first-order valence-corrected chi connectivity index (χ1v) is 11.5. The zero-order valence-corrected chi connectivity index (χ0v) is 19.3. The Balaban J connectivity index is 1.63. The number of ether oxygens (including phenoxy) is 3. The monoisotopic (exact) mass is 471 g/mol. The Labute approximate surface area is 203 Å². The van der Waals surface area contributed by atoms with Gasteiger partial charge >= 0.3 is 0 Å². The molecule has 2 aliphatic rings. The van der Waals surface area contributed by atoms with Crippen LogP contribution in [0.1, 0.15) is 29.7 Å². The Bertz CT molecular complexity index is 1300. The van der Waals surface area contributed by atoms with Gasteiger partial charge in [-0.15, -0.1) is 0 Å². The van der Waals surface area contributed by atoms with E-state index >= 15 is 0 Å². The molecular formula is C28H25NO6. The normalized spacial score (nSPS) is 18.5. The number of benzene rings is 3. The van der Waals surface area contributed by atoms with Gasteiger partial charge in [-0.05, 0) is 48.4 Å². The third-order valence-corrected chi connectivity index (χ3v) is 6.04. The van der Waals surface area contributed by atoms with Gasteiger partial charge in [0.25, 0.3) is 11.7 Å². The second-order valence-electron chi connectivity index (χ2n) is 8.28. The van der Waals surface area contributed by atoms with Crippen LogP contribution in [-0.4, -0.2) is 41.5 Å². The summed E-state index contributed by atoms with van der Waals surface area (Å²) in [4.78, 5) is 28.0. The van der Waals surface area contributed by atoms with Crippen molar-refractivity contribution in [3.8, 4) is 17.2 Å². The number of carbonyl (C=O) groups is 2. The third-order valence-electron chi connectivity index (χ3n) is 6.04. The Kier molecular flexibility index (Phi) is 6.14. The van der Waals surface area contributed by atoms with Crippen molar-refractivity contribution in [1.29, 1.82) is 0 Å². The molecule has 0 radical (unpaired) electrons. The molecule has 35 heavy (non-hydrogen) atoms. The fourth-order valence-electron chi connectivity index (χ4n) is 4.46. The van der Waals surface area contributed by atoms with Gasteiger partial charge in [0.15, 0.2) is 11.5 Å². The van der Waals surface area contributed by atoms with E-state index < -0.39 is 17.7 Å². The van der Waals surface area contributed by atoms with Gasteiger partial charge in [0, 0.05) is 12.1 Å².